The summed E-state index contributed by atoms with van der Waals surface area (Å²) in [5.74, 6) is -1.55. The Morgan fingerprint density at radius 3 is 2.54 bits per heavy atom. The average Bonchev–Trinajstić information content (AvgIpc) is 2.63. The Bertz CT molecular complexity index is 216. The Labute approximate surface area is 76.5 Å². The molecule has 0 N–H and O–H groups in total. The summed E-state index contributed by atoms with van der Waals surface area (Å²) in [7, 11) is 0. The lowest BCUT2D eigenvalue weighted by molar-refractivity contribution is -0.177. The second kappa shape index (κ2) is 4.30. The quantitative estimate of drug-likeness (QED) is 0.460. The van der Waals surface area contributed by atoms with Crippen LogP contribution in [0.1, 0.15) is 12.8 Å². The molecule has 4 nitrogen and oxygen atoms in total. The van der Waals surface area contributed by atoms with Gasteiger partial charge in [0.25, 0.3) is 0 Å². The molecular formula is C9H12O4. The normalized spacial score (nSPS) is 19.7. The van der Waals surface area contributed by atoms with Crippen molar-refractivity contribution in [3.63, 3.8) is 0 Å². The van der Waals surface area contributed by atoms with Crippen LogP contribution in [0, 0.1) is 0 Å². The van der Waals surface area contributed by atoms with Crippen LogP contribution in [-0.2, 0) is 19.1 Å². The van der Waals surface area contributed by atoms with Crippen LogP contribution in [-0.4, -0.2) is 31.1 Å². The Morgan fingerprint density at radius 2 is 2.08 bits per heavy atom. The van der Waals surface area contributed by atoms with Gasteiger partial charge in [-0.05, 0) is 6.08 Å². The summed E-state index contributed by atoms with van der Waals surface area (Å²) in [6.07, 6.45) is 2.42. The first kappa shape index (κ1) is 10.1. The zero-order chi connectivity index (χ0) is 9.73. The minimum Gasteiger partial charge on any atom is -0.341 e. The smallest absolute Gasteiger partial charge is 0.233 e. The molecule has 0 aromatic rings. The maximum atomic E-state index is 11.4. The molecule has 0 spiro atoms. The number of carbonyl (C=O) groups excluding carboxylic acids is 2. The van der Waals surface area contributed by atoms with Crippen molar-refractivity contribution < 1.29 is 19.1 Å². The molecule has 0 unspecified atom stereocenters. The van der Waals surface area contributed by atoms with Crippen LogP contribution in [0.2, 0.25) is 0 Å². The van der Waals surface area contributed by atoms with E-state index in [4.69, 9.17) is 9.47 Å². The van der Waals surface area contributed by atoms with Gasteiger partial charge in [-0.15, -0.1) is 0 Å². The van der Waals surface area contributed by atoms with Crippen LogP contribution >= 0.6 is 0 Å². The molecule has 4 heteroatoms. The monoisotopic (exact) mass is 184 g/mol. The highest BCUT2D eigenvalue weighted by atomic mass is 16.7. The summed E-state index contributed by atoms with van der Waals surface area (Å²) >= 11 is 0. The third kappa shape index (κ3) is 2.02. The second-order valence-corrected chi connectivity index (χ2v) is 2.72. The Balaban J connectivity index is 2.67. The summed E-state index contributed by atoms with van der Waals surface area (Å²) < 4.78 is 10.4. The van der Waals surface area contributed by atoms with Crippen LogP contribution in [0.3, 0.4) is 0 Å². The van der Waals surface area contributed by atoms with Crippen LogP contribution in [0.15, 0.2) is 12.7 Å². The Morgan fingerprint density at radius 1 is 1.46 bits per heavy atom. The predicted octanol–water partition coefficient (Wildman–Crippen LogP) is 0.464. The van der Waals surface area contributed by atoms with Crippen molar-refractivity contribution >= 4 is 12.1 Å². The summed E-state index contributed by atoms with van der Waals surface area (Å²) in [5.41, 5.74) is 0. The van der Waals surface area contributed by atoms with Crippen molar-refractivity contribution in [3.8, 4) is 0 Å². The summed E-state index contributed by atoms with van der Waals surface area (Å²) in [6, 6.07) is 0. The first-order chi connectivity index (χ1) is 6.25. The van der Waals surface area contributed by atoms with E-state index in [2.05, 4.69) is 6.58 Å². The van der Waals surface area contributed by atoms with Gasteiger partial charge in [0.15, 0.2) is 0 Å². The molecule has 0 saturated carbocycles. The maximum Gasteiger partial charge on any atom is 0.233 e. The molecule has 0 amide bonds. The molecule has 0 bridgehead atoms. The van der Waals surface area contributed by atoms with E-state index in [0.29, 0.717) is 13.2 Å². The van der Waals surface area contributed by atoms with E-state index >= 15 is 0 Å². The fourth-order valence-corrected chi connectivity index (χ4v) is 1.27. The molecule has 1 heterocycles. The van der Waals surface area contributed by atoms with Gasteiger partial charge in [-0.1, -0.05) is 6.58 Å². The number of hydrogen-bond acceptors (Lipinski definition) is 4. The number of ketones is 1. The van der Waals surface area contributed by atoms with E-state index in [0.717, 1.165) is 12.4 Å². The first-order valence-electron chi connectivity index (χ1n) is 4.13. The summed E-state index contributed by atoms with van der Waals surface area (Å²) in [4.78, 5) is 21.5. The minimum absolute atomic E-state index is 0.250. The van der Waals surface area contributed by atoms with Gasteiger partial charge >= 0.3 is 0 Å². The maximum absolute atomic E-state index is 11.4. The fraction of sp³-hybridized carbons (Fsp3) is 0.556. The van der Waals surface area contributed by atoms with Gasteiger partial charge in [-0.2, -0.15) is 0 Å². The molecule has 1 aliphatic heterocycles. The zero-order valence-electron chi connectivity index (χ0n) is 7.32. The van der Waals surface area contributed by atoms with Crippen molar-refractivity contribution in [2.45, 2.75) is 18.6 Å². The van der Waals surface area contributed by atoms with Crippen molar-refractivity contribution in [3.05, 3.63) is 12.7 Å². The first-order valence-corrected chi connectivity index (χ1v) is 4.13. The van der Waals surface area contributed by atoms with E-state index < -0.39 is 5.79 Å². The molecule has 0 radical (unpaired) electrons. The third-order valence-electron chi connectivity index (χ3n) is 1.91. The van der Waals surface area contributed by atoms with Crippen molar-refractivity contribution in [2.75, 3.05) is 13.2 Å². The summed E-state index contributed by atoms with van der Waals surface area (Å²) in [6.45, 7) is 4.14. The molecule has 0 aromatic heterocycles. The number of hydrogen-bond donors (Lipinski definition) is 0. The molecular weight excluding hydrogens is 172 g/mol. The molecule has 1 aliphatic rings. The second-order valence-electron chi connectivity index (χ2n) is 2.72. The van der Waals surface area contributed by atoms with E-state index in [9.17, 15) is 9.59 Å². The SMILES string of the molecule is C=CC(=O)C1(CCC=O)OCCO1. The van der Waals surface area contributed by atoms with Crippen molar-refractivity contribution in [1.29, 1.82) is 0 Å². The van der Waals surface area contributed by atoms with Gasteiger partial charge in [0.05, 0.1) is 13.2 Å². The summed E-state index contributed by atoms with van der Waals surface area (Å²) in [5, 5.41) is 0. The lowest BCUT2D eigenvalue weighted by Crippen LogP contribution is -2.38. The number of ether oxygens (including phenoxy) is 2. The molecule has 72 valence electrons. The highest BCUT2D eigenvalue weighted by Gasteiger charge is 2.41. The average molecular weight is 184 g/mol. The van der Waals surface area contributed by atoms with Gasteiger partial charge in [0.2, 0.25) is 11.6 Å². The molecule has 0 aliphatic carbocycles. The standard InChI is InChI=1S/C9H12O4/c1-2-8(11)9(4-3-5-10)12-6-7-13-9/h2,5H,1,3-4,6-7H2. The van der Waals surface area contributed by atoms with Crippen LogP contribution in [0.4, 0.5) is 0 Å². The van der Waals surface area contributed by atoms with Gasteiger partial charge in [-0.3, -0.25) is 4.79 Å². The van der Waals surface area contributed by atoms with Gasteiger partial charge in [-0.25, -0.2) is 0 Å². The predicted molar refractivity (Wildman–Crippen MR) is 45.1 cm³/mol. The van der Waals surface area contributed by atoms with E-state index in [1.165, 1.54) is 0 Å². The van der Waals surface area contributed by atoms with Crippen molar-refractivity contribution in [1.82, 2.24) is 0 Å². The fourth-order valence-electron chi connectivity index (χ4n) is 1.27. The van der Waals surface area contributed by atoms with Gasteiger partial charge in [0, 0.05) is 12.8 Å². The topological polar surface area (TPSA) is 52.6 Å². The van der Waals surface area contributed by atoms with Crippen LogP contribution in [0.5, 0.6) is 0 Å². The van der Waals surface area contributed by atoms with Crippen LogP contribution < -0.4 is 0 Å². The molecule has 1 saturated heterocycles. The number of aldehydes is 1. The molecule has 0 atom stereocenters. The third-order valence-corrected chi connectivity index (χ3v) is 1.91. The minimum atomic E-state index is -1.23. The van der Waals surface area contributed by atoms with Crippen molar-refractivity contribution in [2.24, 2.45) is 0 Å². The largest absolute Gasteiger partial charge is 0.341 e. The van der Waals surface area contributed by atoms with E-state index in [1.54, 1.807) is 0 Å². The number of rotatable bonds is 5. The molecule has 13 heavy (non-hydrogen) atoms. The number of carbonyl (C=O) groups is 2. The lowest BCUT2D eigenvalue weighted by atomic mass is 10.1. The Hall–Kier alpha value is -1.00. The van der Waals surface area contributed by atoms with Gasteiger partial charge < -0.3 is 14.3 Å². The highest BCUT2D eigenvalue weighted by molar-refractivity contribution is 5.95. The van der Waals surface area contributed by atoms with Crippen LogP contribution in [0.25, 0.3) is 0 Å². The molecule has 1 fully saturated rings. The Kier molecular flexibility index (Phi) is 3.33. The van der Waals surface area contributed by atoms with E-state index in [-0.39, 0.29) is 18.6 Å². The molecule has 0 aromatic carbocycles. The zero-order valence-corrected chi connectivity index (χ0v) is 7.32. The molecule has 1 rings (SSSR count). The van der Waals surface area contributed by atoms with E-state index in [1.807, 2.05) is 0 Å². The highest BCUT2D eigenvalue weighted by Crippen LogP contribution is 2.25. The van der Waals surface area contributed by atoms with Gasteiger partial charge in [0.1, 0.15) is 6.29 Å². The lowest BCUT2D eigenvalue weighted by Gasteiger charge is -2.22.